The Labute approximate surface area is 128 Å². The fourth-order valence-corrected chi connectivity index (χ4v) is 3.44. The smallest absolute Gasteiger partial charge is 0.0746 e. The van der Waals surface area contributed by atoms with Crippen molar-refractivity contribution in [2.75, 3.05) is 13.1 Å². The molecule has 20 heavy (non-hydrogen) atoms. The summed E-state index contributed by atoms with van der Waals surface area (Å²) >= 11 is 5.16. The van der Waals surface area contributed by atoms with E-state index in [1.54, 1.807) is 0 Å². The van der Waals surface area contributed by atoms with Crippen LogP contribution in [0.1, 0.15) is 50.6 Å². The molecule has 1 fully saturated rings. The van der Waals surface area contributed by atoms with Crippen molar-refractivity contribution >= 4 is 17.2 Å². The Bertz CT molecular complexity index is 410. The van der Waals surface area contributed by atoms with Gasteiger partial charge in [-0.25, -0.2) is 0 Å². The van der Waals surface area contributed by atoms with Crippen molar-refractivity contribution in [2.45, 2.75) is 45.1 Å². The molecule has 0 spiro atoms. The van der Waals surface area contributed by atoms with Crippen molar-refractivity contribution in [3.63, 3.8) is 0 Å². The molecule has 1 aliphatic rings. The number of likely N-dealkylation sites (tertiary alicyclic amines) is 1. The van der Waals surface area contributed by atoms with Crippen LogP contribution in [0.4, 0.5) is 0 Å². The van der Waals surface area contributed by atoms with Crippen molar-refractivity contribution in [3.05, 3.63) is 35.9 Å². The van der Waals surface area contributed by atoms with E-state index >= 15 is 0 Å². The van der Waals surface area contributed by atoms with Crippen molar-refractivity contribution in [1.82, 2.24) is 4.90 Å². The van der Waals surface area contributed by atoms with E-state index in [2.05, 4.69) is 42.2 Å². The highest BCUT2D eigenvalue weighted by Crippen LogP contribution is 2.30. The predicted octanol–water partition coefficient (Wildman–Crippen LogP) is 3.92. The second kappa shape index (κ2) is 7.75. The van der Waals surface area contributed by atoms with Crippen LogP contribution in [0.3, 0.4) is 0 Å². The van der Waals surface area contributed by atoms with E-state index in [4.69, 9.17) is 18.0 Å². The zero-order chi connectivity index (χ0) is 14.4. The number of piperidine rings is 1. The molecule has 0 radical (unpaired) electrons. The van der Waals surface area contributed by atoms with Gasteiger partial charge >= 0.3 is 0 Å². The van der Waals surface area contributed by atoms with Gasteiger partial charge in [0.25, 0.3) is 0 Å². The molecule has 1 atom stereocenters. The largest absolute Gasteiger partial charge is 0.393 e. The fourth-order valence-electron chi connectivity index (χ4n) is 3.29. The molecule has 1 heterocycles. The summed E-state index contributed by atoms with van der Waals surface area (Å²) in [6.07, 6.45) is 6.10. The van der Waals surface area contributed by atoms with E-state index < -0.39 is 0 Å². The average molecular weight is 290 g/mol. The zero-order valence-electron chi connectivity index (χ0n) is 12.4. The maximum absolute atomic E-state index is 5.82. The van der Waals surface area contributed by atoms with Crippen LogP contribution >= 0.6 is 12.2 Å². The monoisotopic (exact) mass is 290 g/mol. The normalized spacial score (nSPS) is 18.9. The molecule has 2 nitrogen and oxygen atoms in total. The maximum atomic E-state index is 5.82. The zero-order valence-corrected chi connectivity index (χ0v) is 13.2. The van der Waals surface area contributed by atoms with Gasteiger partial charge in [0.2, 0.25) is 0 Å². The Morgan fingerprint density at radius 1 is 1.30 bits per heavy atom. The van der Waals surface area contributed by atoms with Crippen molar-refractivity contribution in [1.29, 1.82) is 0 Å². The van der Waals surface area contributed by atoms with Crippen LogP contribution in [-0.2, 0) is 0 Å². The standard InChI is InChI=1S/C17H26N2S/c1-2-6-14-9-11-19(12-10-14)16(13-17(18)20)15-7-4-3-5-8-15/h3-5,7-8,14,16H,2,6,9-13H2,1H3,(H2,18,20). The molecule has 1 aromatic rings. The van der Waals surface area contributed by atoms with Crippen LogP contribution < -0.4 is 5.73 Å². The Balaban J connectivity index is 2.03. The van der Waals surface area contributed by atoms with Crippen LogP contribution in [0.25, 0.3) is 0 Å². The minimum Gasteiger partial charge on any atom is -0.393 e. The van der Waals surface area contributed by atoms with Gasteiger partial charge in [-0.1, -0.05) is 62.3 Å². The first-order valence-electron chi connectivity index (χ1n) is 7.78. The molecule has 1 aromatic carbocycles. The molecule has 0 amide bonds. The first kappa shape index (κ1) is 15.5. The quantitative estimate of drug-likeness (QED) is 0.805. The number of thiocarbonyl (C=S) groups is 1. The van der Waals surface area contributed by atoms with Gasteiger partial charge in [-0.05, 0) is 37.4 Å². The Kier molecular flexibility index (Phi) is 5.99. The van der Waals surface area contributed by atoms with Gasteiger partial charge in [-0.2, -0.15) is 0 Å². The molecule has 1 unspecified atom stereocenters. The highest BCUT2D eigenvalue weighted by Gasteiger charge is 2.26. The minimum absolute atomic E-state index is 0.358. The second-order valence-electron chi connectivity index (χ2n) is 5.86. The highest BCUT2D eigenvalue weighted by molar-refractivity contribution is 7.80. The number of hydrogen-bond acceptors (Lipinski definition) is 2. The number of benzene rings is 1. The lowest BCUT2D eigenvalue weighted by Gasteiger charge is -2.37. The third-order valence-electron chi connectivity index (χ3n) is 4.37. The summed E-state index contributed by atoms with van der Waals surface area (Å²) in [4.78, 5) is 3.19. The SMILES string of the molecule is CCCC1CCN(C(CC(N)=S)c2ccccc2)CC1. The Morgan fingerprint density at radius 2 is 1.95 bits per heavy atom. The minimum atomic E-state index is 0.358. The molecule has 1 aliphatic heterocycles. The second-order valence-corrected chi connectivity index (χ2v) is 6.39. The lowest BCUT2D eigenvalue weighted by molar-refractivity contribution is 0.131. The molecule has 0 aromatic heterocycles. The van der Waals surface area contributed by atoms with Crippen LogP contribution in [-0.4, -0.2) is 23.0 Å². The third-order valence-corrected chi connectivity index (χ3v) is 4.53. The molecular formula is C17H26N2S. The molecule has 3 heteroatoms. The molecule has 0 aliphatic carbocycles. The average Bonchev–Trinajstić information content (AvgIpc) is 2.47. The lowest BCUT2D eigenvalue weighted by Crippen LogP contribution is -2.38. The van der Waals surface area contributed by atoms with Crippen LogP contribution in [0.2, 0.25) is 0 Å². The van der Waals surface area contributed by atoms with Crippen LogP contribution in [0.5, 0.6) is 0 Å². The molecule has 0 saturated carbocycles. The maximum Gasteiger partial charge on any atom is 0.0746 e. The third kappa shape index (κ3) is 4.29. The summed E-state index contributed by atoms with van der Waals surface area (Å²) in [5.74, 6) is 0.914. The Morgan fingerprint density at radius 3 is 2.50 bits per heavy atom. The predicted molar refractivity (Wildman–Crippen MR) is 89.8 cm³/mol. The summed E-state index contributed by atoms with van der Waals surface area (Å²) in [6.45, 7) is 4.63. The van der Waals surface area contributed by atoms with Gasteiger partial charge in [0.15, 0.2) is 0 Å². The summed E-state index contributed by atoms with van der Waals surface area (Å²) in [5, 5.41) is 0. The van der Waals surface area contributed by atoms with Crippen molar-refractivity contribution < 1.29 is 0 Å². The first-order valence-corrected chi connectivity index (χ1v) is 8.18. The summed E-state index contributed by atoms with van der Waals surface area (Å²) < 4.78 is 0. The molecule has 0 bridgehead atoms. The van der Waals surface area contributed by atoms with E-state index in [0.717, 1.165) is 12.3 Å². The number of hydrogen-bond donors (Lipinski definition) is 1. The van der Waals surface area contributed by atoms with Crippen LogP contribution in [0.15, 0.2) is 30.3 Å². The number of nitrogens with two attached hydrogens (primary N) is 1. The van der Waals surface area contributed by atoms with Gasteiger partial charge < -0.3 is 5.73 Å². The lowest BCUT2D eigenvalue weighted by atomic mass is 9.90. The summed E-state index contributed by atoms with van der Waals surface area (Å²) in [7, 11) is 0. The van der Waals surface area contributed by atoms with E-state index in [0.29, 0.717) is 11.0 Å². The summed E-state index contributed by atoms with van der Waals surface area (Å²) in [6, 6.07) is 11.0. The van der Waals surface area contributed by atoms with Crippen LogP contribution in [0, 0.1) is 5.92 Å². The van der Waals surface area contributed by atoms with E-state index in [1.165, 1.54) is 44.3 Å². The van der Waals surface area contributed by atoms with Gasteiger partial charge in [-0.15, -0.1) is 0 Å². The fraction of sp³-hybridized carbons (Fsp3) is 0.588. The Hall–Kier alpha value is -0.930. The highest BCUT2D eigenvalue weighted by atomic mass is 32.1. The van der Waals surface area contributed by atoms with Crippen molar-refractivity contribution in [2.24, 2.45) is 11.7 Å². The molecule has 1 saturated heterocycles. The topological polar surface area (TPSA) is 29.3 Å². The molecule has 2 rings (SSSR count). The molecule has 110 valence electrons. The van der Waals surface area contributed by atoms with E-state index in [-0.39, 0.29) is 0 Å². The molecule has 2 N–H and O–H groups in total. The molecular weight excluding hydrogens is 264 g/mol. The summed E-state index contributed by atoms with van der Waals surface area (Å²) in [5.41, 5.74) is 7.16. The van der Waals surface area contributed by atoms with Gasteiger partial charge in [0.1, 0.15) is 0 Å². The van der Waals surface area contributed by atoms with E-state index in [9.17, 15) is 0 Å². The number of nitrogens with zero attached hydrogens (tertiary/aromatic N) is 1. The first-order chi connectivity index (χ1) is 9.70. The van der Waals surface area contributed by atoms with Gasteiger partial charge in [0.05, 0.1) is 4.99 Å². The number of rotatable bonds is 6. The van der Waals surface area contributed by atoms with E-state index in [1.807, 2.05) is 0 Å². The van der Waals surface area contributed by atoms with Crippen molar-refractivity contribution in [3.8, 4) is 0 Å². The van der Waals surface area contributed by atoms with Gasteiger partial charge in [-0.3, -0.25) is 4.90 Å². The van der Waals surface area contributed by atoms with Gasteiger partial charge in [0, 0.05) is 12.5 Å².